The van der Waals surface area contributed by atoms with Gasteiger partial charge in [0.05, 0.1) is 12.8 Å². The fraction of sp³-hybridized carbons (Fsp3) is 0.758. The molecule has 0 spiro atoms. The summed E-state index contributed by atoms with van der Waals surface area (Å²) in [5, 5.41) is 0. The van der Waals surface area contributed by atoms with E-state index in [1.165, 1.54) is 22.7 Å². The van der Waals surface area contributed by atoms with E-state index in [0.717, 1.165) is 45.0 Å². The number of rotatable bonds is 10. The zero-order valence-electron chi connectivity index (χ0n) is 28.2. The van der Waals surface area contributed by atoms with Crippen LogP contribution in [0.25, 0.3) is 0 Å². The molecule has 0 radical (unpaired) electrons. The molecule has 13 heteroatoms. The quantitative estimate of drug-likeness (QED) is 0.372. The van der Waals surface area contributed by atoms with Gasteiger partial charge in [0.25, 0.3) is 0 Å². The van der Waals surface area contributed by atoms with Crippen LogP contribution in [0.4, 0.5) is 13.6 Å². The van der Waals surface area contributed by atoms with E-state index in [9.17, 15) is 26.8 Å². The Labute approximate surface area is 274 Å². The van der Waals surface area contributed by atoms with E-state index in [0.29, 0.717) is 70.8 Å². The third-order valence-electron chi connectivity index (χ3n) is 9.65. The second-order valence-corrected chi connectivity index (χ2v) is 16.1. The highest BCUT2D eigenvalue weighted by atomic mass is 32.2. The Balaban J connectivity index is 1.27. The van der Waals surface area contributed by atoms with Crippen LogP contribution in [-0.4, -0.2) is 134 Å². The van der Waals surface area contributed by atoms with Crippen molar-refractivity contribution in [3.8, 4) is 0 Å². The minimum absolute atomic E-state index is 0.0749. The number of amides is 2. The molecule has 1 atom stereocenters. The zero-order valence-corrected chi connectivity index (χ0v) is 29.0. The topological polar surface area (TPSA) is 93.7 Å². The van der Waals surface area contributed by atoms with Gasteiger partial charge in [0, 0.05) is 71.0 Å². The number of carbonyl (C=O) groups is 2. The summed E-state index contributed by atoms with van der Waals surface area (Å²) in [7, 11) is -3.27. The number of likely N-dealkylation sites (N-methyl/N-ethyl adjacent to an activating group) is 1. The van der Waals surface area contributed by atoms with Crippen molar-refractivity contribution >= 4 is 22.0 Å². The second kappa shape index (κ2) is 15.7. The van der Waals surface area contributed by atoms with Crippen molar-refractivity contribution in [2.24, 2.45) is 5.92 Å². The van der Waals surface area contributed by atoms with Gasteiger partial charge in [-0.05, 0) is 95.9 Å². The molecule has 1 aromatic rings. The maximum absolute atomic E-state index is 14.2. The maximum Gasteiger partial charge on any atom is 0.410 e. The smallest absolute Gasteiger partial charge is 0.410 e. The van der Waals surface area contributed by atoms with E-state index in [2.05, 4.69) is 9.80 Å². The largest absolute Gasteiger partial charge is 0.444 e. The third-order valence-corrected chi connectivity index (χ3v) is 11.0. The molecule has 4 rings (SSSR count). The van der Waals surface area contributed by atoms with Crippen LogP contribution in [0.15, 0.2) is 18.2 Å². The third kappa shape index (κ3) is 10.3. The minimum Gasteiger partial charge on any atom is -0.444 e. The van der Waals surface area contributed by atoms with Gasteiger partial charge in [-0.25, -0.2) is 26.3 Å². The highest BCUT2D eigenvalue weighted by Crippen LogP contribution is 2.37. The van der Waals surface area contributed by atoms with Crippen molar-refractivity contribution in [2.75, 3.05) is 78.2 Å². The fourth-order valence-electron chi connectivity index (χ4n) is 7.19. The number of benzene rings is 1. The van der Waals surface area contributed by atoms with Crippen LogP contribution in [0.1, 0.15) is 71.3 Å². The SMILES string of the molecule is CCN(C(=O)CN1CCN(C(=O)OC(C)(C)C)CC1)C1CCN(CC[C@@H](c2cc(F)cc(F)c2)C2CCN(S(C)(=O)=O)CC2)CC1. The van der Waals surface area contributed by atoms with Gasteiger partial charge in [-0.1, -0.05) is 0 Å². The van der Waals surface area contributed by atoms with Crippen LogP contribution in [0.3, 0.4) is 0 Å². The number of hydrogen-bond acceptors (Lipinski definition) is 7. The first-order valence-electron chi connectivity index (χ1n) is 16.8. The van der Waals surface area contributed by atoms with E-state index in [4.69, 9.17) is 4.74 Å². The highest BCUT2D eigenvalue weighted by molar-refractivity contribution is 7.88. The number of halogens is 2. The molecule has 46 heavy (non-hydrogen) atoms. The Bertz CT molecular complexity index is 1270. The summed E-state index contributed by atoms with van der Waals surface area (Å²) in [6.45, 7) is 14.1. The van der Waals surface area contributed by atoms with Gasteiger partial charge >= 0.3 is 6.09 Å². The minimum atomic E-state index is -3.27. The molecular formula is C33H53F2N5O5S. The molecule has 0 saturated carbocycles. The molecule has 3 heterocycles. The van der Waals surface area contributed by atoms with Crippen molar-refractivity contribution < 1.29 is 31.5 Å². The molecular weight excluding hydrogens is 616 g/mol. The molecule has 0 unspecified atom stereocenters. The molecule has 3 fully saturated rings. The molecule has 0 aromatic heterocycles. The van der Waals surface area contributed by atoms with Crippen molar-refractivity contribution in [3.63, 3.8) is 0 Å². The number of likely N-dealkylation sites (tertiary alicyclic amines) is 1. The van der Waals surface area contributed by atoms with Crippen molar-refractivity contribution in [1.82, 2.24) is 23.9 Å². The zero-order chi connectivity index (χ0) is 33.6. The monoisotopic (exact) mass is 669 g/mol. The number of piperidine rings is 2. The lowest BCUT2D eigenvalue weighted by atomic mass is 9.78. The first-order chi connectivity index (χ1) is 21.6. The molecule has 3 aliphatic rings. The number of nitrogens with zero attached hydrogens (tertiary/aromatic N) is 5. The molecule has 3 aliphatic heterocycles. The summed E-state index contributed by atoms with van der Waals surface area (Å²) < 4.78 is 59.5. The van der Waals surface area contributed by atoms with Crippen LogP contribution >= 0.6 is 0 Å². The van der Waals surface area contributed by atoms with Crippen molar-refractivity contribution in [2.45, 2.75) is 77.4 Å². The molecule has 10 nitrogen and oxygen atoms in total. The number of ether oxygens (including phenoxy) is 1. The lowest BCUT2D eigenvalue weighted by Crippen LogP contribution is -2.54. The summed E-state index contributed by atoms with van der Waals surface area (Å²) in [5.41, 5.74) is 0.100. The van der Waals surface area contributed by atoms with Gasteiger partial charge in [-0.2, -0.15) is 0 Å². The van der Waals surface area contributed by atoms with Crippen LogP contribution in [0, 0.1) is 17.6 Å². The first kappa shape index (κ1) is 36.5. The first-order valence-corrected chi connectivity index (χ1v) is 18.6. The Morgan fingerprint density at radius 3 is 2.02 bits per heavy atom. The predicted octanol–water partition coefficient (Wildman–Crippen LogP) is 3.98. The number of sulfonamides is 1. The van der Waals surface area contributed by atoms with Gasteiger partial charge in [0.1, 0.15) is 17.2 Å². The van der Waals surface area contributed by atoms with E-state index >= 15 is 0 Å². The van der Waals surface area contributed by atoms with Gasteiger partial charge < -0.3 is 19.4 Å². The molecule has 260 valence electrons. The van der Waals surface area contributed by atoms with E-state index < -0.39 is 27.3 Å². The van der Waals surface area contributed by atoms with Gasteiger partial charge in [0.15, 0.2) is 0 Å². The van der Waals surface area contributed by atoms with E-state index in [1.807, 2.05) is 32.6 Å². The van der Waals surface area contributed by atoms with Crippen molar-refractivity contribution in [3.05, 3.63) is 35.4 Å². The number of carbonyl (C=O) groups excluding carboxylic acids is 2. The van der Waals surface area contributed by atoms with E-state index in [-0.39, 0.29) is 29.9 Å². The number of hydrogen-bond donors (Lipinski definition) is 0. The normalized spacial score (nSPS) is 20.9. The Morgan fingerprint density at radius 2 is 1.50 bits per heavy atom. The summed E-state index contributed by atoms with van der Waals surface area (Å²) in [4.78, 5) is 33.9. The Hall–Kier alpha value is -2.35. The summed E-state index contributed by atoms with van der Waals surface area (Å²) >= 11 is 0. The summed E-state index contributed by atoms with van der Waals surface area (Å²) in [6, 6.07) is 3.89. The van der Waals surface area contributed by atoms with Crippen LogP contribution in [-0.2, 0) is 19.6 Å². The molecule has 1 aromatic carbocycles. The van der Waals surface area contributed by atoms with E-state index in [1.54, 1.807) is 4.90 Å². The van der Waals surface area contributed by atoms with Gasteiger partial charge in [-0.15, -0.1) is 0 Å². The lowest BCUT2D eigenvalue weighted by Gasteiger charge is -2.41. The fourth-order valence-corrected chi connectivity index (χ4v) is 8.06. The Morgan fingerprint density at radius 1 is 0.913 bits per heavy atom. The second-order valence-electron chi connectivity index (χ2n) is 14.1. The number of piperazine rings is 1. The van der Waals surface area contributed by atoms with Crippen LogP contribution in [0.2, 0.25) is 0 Å². The molecule has 2 amide bonds. The van der Waals surface area contributed by atoms with Gasteiger partial charge in [-0.3, -0.25) is 9.69 Å². The summed E-state index contributed by atoms with van der Waals surface area (Å²) in [6.07, 6.45) is 4.66. The molecule has 0 aliphatic carbocycles. The Kier molecular flexibility index (Phi) is 12.5. The van der Waals surface area contributed by atoms with Crippen molar-refractivity contribution in [1.29, 1.82) is 0 Å². The molecule has 0 N–H and O–H groups in total. The maximum atomic E-state index is 14.2. The summed E-state index contributed by atoms with van der Waals surface area (Å²) in [5.74, 6) is -1.02. The average Bonchev–Trinajstić information content (AvgIpc) is 2.97. The standard InChI is InChI=1S/C33H53F2N5O5S/c1-6-40(31(41)24-37-17-19-38(20-18-37)32(42)45-33(2,3)4)29-9-12-36(13-10-29)14-11-30(26-21-27(34)23-28(35)22-26)25-7-15-39(16-8-25)46(5,43)44/h21-23,25,29-30H,6-20,24H2,1-5H3/t30-/m1/s1. The van der Waals surface area contributed by atoms with Crippen LogP contribution < -0.4 is 0 Å². The van der Waals surface area contributed by atoms with Gasteiger partial charge in [0.2, 0.25) is 15.9 Å². The molecule has 3 saturated heterocycles. The average molecular weight is 670 g/mol. The lowest BCUT2D eigenvalue weighted by molar-refractivity contribution is -0.135. The van der Waals surface area contributed by atoms with Crippen LogP contribution in [0.5, 0.6) is 0 Å². The molecule has 0 bridgehead atoms. The predicted molar refractivity (Wildman–Crippen MR) is 174 cm³/mol. The highest BCUT2D eigenvalue weighted by Gasteiger charge is 2.33.